The number of hydrogen-bond acceptors (Lipinski definition) is 6. The number of ketones is 1. The van der Waals surface area contributed by atoms with Crippen molar-refractivity contribution >= 4 is 23.5 Å². The second-order valence-electron chi connectivity index (χ2n) is 10.3. The van der Waals surface area contributed by atoms with E-state index >= 15 is 0 Å². The summed E-state index contributed by atoms with van der Waals surface area (Å²) in [5.41, 5.74) is 1.31. The first-order valence-corrected chi connectivity index (χ1v) is 13.5. The molecule has 214 valence electrons. The van der Waals surface area contributed by atoms with E-state index in [0.717, 1.165) is 5.56 Å². The molecule has 2 aromatic rings. The number of hydrogen-bond donors (Lipinski definition) is 2. The van der Waals surface area contributed by atoms with E-state index in [2.05, 4.69) is 15.6 Å². The molecule has 11 heteroatoms. The van der Waals surface area contributed by atoms with Gasteiger partial charge < -0.3 is 20.3 Å². The number of halogens is 2. The lowest BCUT2D eigenvalue weighted by atomic mass is 9.84. The van der Waals surface area contributed by atoms with Crippen LogP contribution in [0.2, 0.25) is 0 Å². The lowest BCUT2D eigenvalue weighted by Gasteiger charge is -2.37. The zero-order valence-electron chi connectivity index (χ0n) is 22.2. The van der Waals surface area contributed by atoms with Gasteiger partial charge in [-0.1, -0.05) is 36.4 Å². The predicted molar refractivity (Wildman–Crippen MR) is 141 cm³/mol. The Kier molecular flexibility index (Phi) is 9.92. The van der Waals surface area contributed by atoms with Gasteiger partial charge in [-0.3, -0.25) is 24.2 Å². The fourth-order valence-corrected chi connectivity index (χ4v) is 5.03. The van der Waals surface area contributed by atoms with Crippen molar-refractivity contribution in [3.8, 4) is 0 Å². The molecule has 0 radical (unpaired) electrons. The summed E-state index contributed by atoms with van der Waals surface area (Å²) in [4.78, 5) is 58.0. The predicted octanol–water partition coefficient (Wildman–Crippen LogP) is 2.44. The molecule has 2 heterocycles. The van der Waals surface area contributed by atoms with Crippen molar-refractivity contribution in [3.05, 3.63) is 66.0 Å². The van der Waals surface area contributed by atoms with E-state index in [4.69, 9.17) is 4.74 Å². The second kappa shape index (κ2) is 13.6. The van der Waals surface area contributed by atoms with Crippen LogP contribution in [0.15, 0.2) is 54.7 Å². The van der Waals surface area contributed by atoms with Gasteiger partial charge in [0.05, 0.1) is 25.5 Å². The third-order valence-corrected chi connectivity index (χ3v) is 7.35. The quantitative estimate of drug-likeness (QED) is 0.434. The minimum atomic E-state index is -2.69. The highest BCUT2D eigenvalue weighted by molar-refractivity contribution is 6.38. The smallest absolute Gasteiger partial charge is 0.289 e. The van der Waals surface area contributed by atoms with Crippen LogP contribution in [0, 0.1) is 5.92 Å². The van der Waals surface area contributed by atoms with Crippen LogP contribution in [0.1, 0.15) is 43.4 Å². The number of nitrogens with one attached hydrogen (secondary N) is 2. The zero-order valence-corrected chi connectivity index (χ0v) is 22.2. The first-order chi connectivity index (χ1) is 19.2. The van der Waals surface area contributed by atoms with Crippen LogP contribution in [0.4, 0.5) is 8.78 Å². The molecular weight excluding hydrogens is 522 g/mol. The van der Waals surface area contributed by atoms with Crippen LogP contribution >= 0.6 is 0 Å². The zero-order chi connectivity index (χ0) is 28.5. The van der Waals surface area contributed by atoms with Crippen molar-refractivity contribution in [1.29, 1.82) is 0 Å². The molecule has 1 aliphatic carbocycles. The van der Waals surface area contributed by atoms with Crippen LogP contribution in [-0.4, -0.2) is 71.2 Å². The van der Waals surface area contributed by atoms with Crippen molar-refractivity contribution in [2.24, 2.45) is 5.92 Å². The fraction of sp³-hybridized carbons (Fsp3) is 0.483. The summed E-state index contributed by atoms with van der Waals surface area (Å²) >= 11 is 0. The molecule has 2 N–H and O–H groups in total. The molecule has 1 aromatic heterocycles. The molecule has 2 fully saturated rings. The number of alkyl halides is 2. The minimum absolute atomic E-state index is 0.0449. The number of morpholine rings is 1. The Morgan fingerprint density at radius 2 is 1.77 bits per heavy atom. The van der Waals surface area contributed by atoms with Crippen molar-refractivity contribution in [2.45, 2.75) is 63.1 Å². The van der Waals surface area contributed by atoms with Crippen molar-refractivity contribution in [2.75, 3.05) is 19.8 Å². The van der Waals surface area contributed by atoms with Gasteiger partial charge in [-0.2, -0.15) is 0 Å². The minimum Gasteiger partial charge on any atom is -0.377 e. The number of amides is 3. The van der Waals surface area contributed by atoms with E-state index in [9.17, 15) is 28.0 Å². The Labute approximate surface area is 231 Å². The van der Waals surface area contributed by atoms with Gasteiger partial charge in [0.25, 0.3) is 5.91 Å². The summed E-state index contributed by atoms with van der Waals surface area (Å²) in [6.07, 6.45) is 1.72. The molecule has 2 atom stereocenters. The highest BCUT2D eigenvalue weighted by atomic mass is 19.3. The third kappa shape index (κ3) is 8.14. The van der Waals surface area contributed by atoms with Gasteiger partial charge in [0.2, 0.25) is 23.5 Å². The van der Waals surface area contributed by atoms with E-state index in [-0.39, 0.29) is 76.7 Å². The molecule has 0 bridgehead atoms. The highest BCUT2D eigenvalue weighted by Gasteiger charge is 2.39. The van der Waals surface area contributed by atoms with Crippen molar-refractivity contribution in [1.82, 2.24) is 20.5 Å². The average Bonchev–Trinajstić information content (AvgIpc) is 2.97. The fourth-order valence-electron chi connectivity index (χ4n) is 5.03. The topological polar surface area (TPSA) is 118 Å². The molecule has 1 aliphatic heterocycles. The molecule has 2 aliphatic rings. The van der Waals surface area contributed by atoms with Crippen molar-refractivity contribution in [3.63, 3.8) is 0 Å². The standard InChI is InChI=1S/C29H34F2N4O5/c30-29(31)11-9-21(10-12-29)17-25(36)35-14-15-40-19-24(35)27(38)34-23(16-20-6-2-1-3-7-20)26(37)28(39)33-18-22-8-4-5-13-32-22/h1-8,13,21,23-24H,9-12,14-19H2,(H,33,39)(H,34,38)/t23-,24-/m1/s1. The Morgan fingerprint density at radius 3 is 2.48 bits per heavy atom. The molecule has 1 saturated heterocycles. The summed E-state index contributed by atoms with van der Waals surface area (Å²) in [6, 6.07) is 12.0. The molecule has 40 heavy (non-hydrogen) atoms. The van der Waals surface area contributed by atoms with Gasteiger partial charge in [-0.15, -0.1) is 0 Å². The van der Waals surface area contributed by atoms with Gasteiger partial charge in [0.15, 0.2) is 0 Å². The van der Waals surface area contributed by atoms with E-state index in [1.165, 1.54) is 4.90 Å². The Hall–Kier alpha value is -3.73. The maximum atomic E-state index is 13.5. The monoisotopic (exact) mass is 556 g/mol. The number of ether oxygens (including phenoxy) is 1. The Morgan fingerprint density at radius 1 is 1.05 bits per heavy atom. The number of benzene rings is 1. The summed E-state index contributed by atoms with van der Waals surface area (Å²) in [7, 11) is 0. The summed E-state index contributed by atoms with van der Waals surface area (Å²) in [6.45, 7) is 0.379. The number of carbonyl (C=O) groups is 4. The first kappa shape index (κ1) is 29.3. The number of Topliss-reactive ketones (excluding diaryl/α,β-unsaturated/α-hetero) is 1. The molecule has 3 amide bonds. The van der Waals surface area contributed by atoms with E-state index in [1.807, 2.05) is 6.07 Å². The number of nitrogens with zero attached hydrogens (tertiary/aromatic N) is 2. The molecule has 9 nitrogen and oxygen atoms in total. The normalized spacial score (nSPS) is 19.9. The highest BCUT2D eigenvalue weighted by Crippen LogP contribution is 2.37. The van der Waals surface area contributed by atoms with Gasteiger partial charge in [0, 0.05) is 38.4 Å². The van der Waals surface area contributed by atoms with Crippen LogP contribution in [0.25, 0.3) is 0 Å². The van der Waals surface area contributed by atoms with E-state index in [1.54, 1.807) is 48.7 Å². The van der Waals surface area contributed by atoms with Crippen LogP contribution in [0.5, 0.6) is 0 Å². The molecule has 0 unspecified atom stereocenters. The number of aromatic nitrogens is 1. The van der Waals surface area contributed by atoms with Gasteiger partial charge in [-0.25, -0.2) is 8.78 Å². The Bertz CT molecular complexity index is 1170. The Balaban J connectivity index is 1.42. The lowest BCUT2D eigenvalue weighted by Crippen LogP contribution is -2.59. The molecule has 0 spiro atoms. The summed E-state index contributed by atoms with van der Waals surface area (Å²) in [5, 5.41) is 5.23. The molecule has 4 rings (SSSR count). The number of carbonyl (C=O) groups excluding carboxylic acids is 4. The van der Waals surface area contributed by atoms with Crippen LogP contribution in [-0.2, 0) is 36.9 Å². The second-order valence-corrected chi connectivity index (χ2v) is 10.3. The van der Waals surface area contributed by atoms with Crippen LogP contribution < -0.4 is 10.6 Å². The number of pyridine rings is 1. The maximum absolute atomic E-state index is 13.5. The largest absolute Gasteiger partial charge is 0.377 e. The van der Waals surface area contributed by atoms with Gasteiger partial charge >= 0.3 is 0 Å². The van der Waals surface area contributed by atoms with Gasteiger partial charge in [-0.05, 0) is 36.5 Å². The number of rotatable bonds is 10. The molecule has 1 saturated carbocycles. The first-order valence-electron chi connectivity index (χ1n) is 13.5. The SMILES string of the molecule is O=C(NCc1ccccn1)C(=O)[C@@H](Cc1ccccc1)NC(=O)[C@H]1COCCN1C(=O)CC1CCC(F)(F)CC1. The lowest BCUT2D eigenvalue weighted by molar-refractivity contribution is -0.151. The third-order valence-electron chi connectivity index (χ3n) is 7.35. The van der Waals surface area contributed by atoms with Gasteiger partial charge in [0.1, 0.15) is 12.1 Å². The molecule has 1 aromatic carbocycles. The average molecular weight is 557 g/mol. The van der Waals surface area contributed by atoms with Crippen LogP contribution in [0.3, 0.4) is 0 Å². The van der Waals surface area contributed by atoms with E-state index < -0.39 is 35.6 Å². The van der Waals surface area contributed by atoms with E-state index in [0.29, 0.717) is 5.69 Å². The maximum Gasteiger partial charge on any atom is 0.289 e. The summed E-state index contributed by atoms with van der Waals surface area (Å²) < 4.78 is 32.6. The summed E-state index contributed by atoms with van der Waals surface area (Å²) in [5.74, 6) is -5.48. The molecular formula is C29H34F2N4O5. The van der Waals surface area contributed by atoms with Crippen molar-refractivity contribution < 1.29 is 32.7 Å².